The van der Waals surface area contributed by atoms with Crippen molar-refractivity contribution in [1.82, 2.24) is 5.32 Å². The fraction of sp³-hybridized carbons (Fsp3) is 0.111. The van der Waals surface area contributed by atoms with Crippen molar-refractivity contribution < 1.29 is 18.0 Å². The molecule has 1 aliphatic rings. The topological polar surface area (TPSA) is 110 Å². The van der Waals surface area contributed by atoms with Crippen LogP contribution in [0.3, 0.4) is 0 Å². The van der Waals surface area contributed by atoms with E-state index in [-0.39, 0.29) is 11.4 Å². The summed E-state index contributed by atoms with van der Waals surface area (Å²) < 4.78 is 22.0. The number of sulfonamides is 1. The van der Waals surface area contributed by atoms with Crippen LogP contribution in [0.1, 0.15) is 0 Å². The number of benzene rings is 1. The number of hydrogen-bond acceptors (Lipinski definition) is 4. The van der Waals surface area contributed by atoms with E-state index in [1.807, 2.05) is 0 Å². The first kappa shape index (κ1) is 11.6. The molecule has 17 heavy (non-hydrogen) atoms. The molecule has 2 rings (SSSR count). The summed E-state index contributed by atoms with van der Waals surface area (Å²) in [6, 6.07) is 4.86. The standard InChI is InChI=1S/C9H9N3O4S/c10-17(15,16)7-3-1-6(2-4-7)12-5-8(13)11-9(12)14/h1-4H,5H2,(H2,10,15,16)(H,11,13,14). The molecule has 3 amide bonds. The van der Waals surface area contributed by atoms with Crippen LogP contribution in [0.4, 0.5) is 10.5 Å². The average molecular weight is 255 g/mol. The molecule has 0 unspecified atom stereocenters. The Morgan fingerprint density at radius 2 is 1.76 bits per heavy atom. The van der Waals surface area contributed by atoms with Gasteiger partial charge in [0.15, 0.2) is 0 Å². The van der Waals surface area contributed by atoms with Crippen LogP contribution in [0.2, 0.25) is 0 Å². The van der Waals surface area contributed by atoms with Gasteiger partial charge in [0.25, 0.3) is 0 Å². The number of primary sulfonamides is 1. The minimum atomic E-state index is -3.75. The third-order valence-corrected chi connectivity index (χ3v) is 3.20. The Bertz CT molecular complexity index is 579. The molecule has 0 radical (unpaired) electrons. The van der Waals surface area contributed by atoms with Crippen molar-refractivity contribution in [3.8, 4) is 0 Å². The molecule has 0 aliphatic carbocycles. The van der Waals surface area contributed by atoms with E-state index in [0.717, 1.165) is 0 Å². The molecule has 0 atom stereocenters. The molecule has 3 N–H and O–H groups in total. The fourth-order valence-corrected chi connectivity index (χ4v) is 1.98. The van der Waals surface area contributed by atoms with Crippen LogP contribution in [0.15, 0.2) is 29.2 Å². The van der Waals surface area contributed by atoms with Gasteiger partial charge in [0, 0.05) is 5.69 Å². The van der Waals surface area contributed by atoms with Gasteiger partial charge >= 0.3 is 6.03 Å². The molecule has 90 valence electrons. The smallest absolute Gasteiger partial charge is 0.285 e. The number of amides is 3. The lowest BCUT2D eigenvalue weighted by atomic mass is 10.3. The van der Waals surface area contributed by atoms with Crippen LogP contribution in [0.25, 0.3) is 0 Å². The molecule has 1 aliphatic heterocycles. The number of imide groups is 1. The van der Waals surface area contributed by atoms with Gasteiger partial charge < -0.3 is 0 Å². The van der Waals surface area contributed by atoms with Crippen molar-refractivity contribution in [2.24, 2.45) is 5.14 Å². The highest BCUT2D eigenvalue weighted by atomic mass is 32.2. The van der Waals surface area contributed by atoms with Gasteiger partial charge in [-0.3, -0.25) is 15.0 Å². The molecule has 8 heteroatoms. The number of hydrogen-bond donors (Lipinski definition) is 2. The van der Waals surface area contributed by atoms with Gasteiger partial charge in [-0.1, -0.05) is 0 Å². The lowest BCUT2D eigenvalue weighted by Gasteiger charge is -2.13. The van der Waals surface area contributed by atoms with E-state index < -0.39 is 22.0 Å². The van der Waals surface area contributed by atoms with E-state index in [4.69, 9.17) is 5.14 Å². The number of anilines is 1. The van der Waals surface area contributed by atoms with Gasteiger partial charge in [0.2, 0.25) is 15.9 Å². The second-order valence-corrected chi connectivity index (χ2v) is 5.04. The highest BCUT2D eigenvalue weighted by Gasteiger charge is 2.27. The minimum Gasteiger partial charge on any atom is -0.285 e. The normalized spacial score (nSPS) is 16.2. The minimum absolute atomic E-state index is 0.0489. The van der Waals surface area contributed by atoms with Crippen LogP contribution in [-0.2, 0) is 14.8 Å². The van der Waals surface area contributed by atoms with Crippen LogP contribution in [-0.4, -0.2) is 26.9 Å². The van der Waals surface area contributed by atoms with Gasteiger partial charge in [0.05, 0.1) is 4.90 Å². The van der Waals surface area contributed by atoms with Crippen LogP contribution in [0, 0.1) is 0 Å². The summed E-state index contributed by atoms with van der Waals surface area (Å²) in [4.78, 5) is 23.4. The maximum atomic E-state index is 11.3. The monoisotopic (exact) mass is 255 g/mol. The summed E-state index contributed by atoms with van der Waals surface area (Å²) in [5, 5.41) is 7.05. The molecule has 1 aromatic carbocycles. The summed E-state index contributed by atoms with van der Waals surface area (Å²) in [7, 11) is -3.75. The summed E-state index contributed by atoms with van der Waals surface area (Å²) in [5.41, 5.74) is 0.431. The average Bonchev–Trinajstić information content (AvgIpc) is 2.57. The van der Waals surface area contributed by atoms with Crippen molar-refractivity contribution in [2.45, 2.75) is 4.90 Å². The zero-order chi connectivity index (χ0) is 12.6. The van der Waals surface area contributed by atoms with Gasteiger partial charge in [0.1, 0.15) is 6.54 Å². The third-order valence-electron chi connectivity index (χ3n) is 2.27. The number of rotatable bonds is 2. The lowest BCUT2D eigenvalue weighted by Crippen LogP contribution is -2.27. The van der Waals surface area contributed by atoms with Gasteiger partial charge in [-0.15, -0.1) is 0 Å². The largest absolute Gasteiger partial charge is 0.329 e. The molecule has 0 saturated carbocycles. The predicted molar refractivity (Wildman–Crippen MR) is 58.7 cm³/mol. The molecule has 0 spiro atoms. The second kappa shape index (κ2) is 3.82. The van der Waals surface area contributed by atoms with Crippen molar-refractivity contribution >= 4 is 27.6 Å². The van der Waals surface area contributed by atoms with E-state index in [2.05, 4.69) is 5.32 Å². The molecule has 7 nitrogen and oxygen atoms in total. The highest BCUT2D eigenvalue weighted by Crippen LogP contribution is 2.18. The van der Waals surface area contributed by atoms with Crippen LogP contribution >= 0.6 is 0 Å². The molecular formula is C9H9N3O4S. The van der Waals surface area contributed by atoms with Crippen molar-refractivity contribution in [3.05, 3.63) is 24.3 Å². The van der Waals surface area contributed by atoms with E-state index >= 15 is 0 Å². The molecule has 1 aromatic rings. The number of urea groups is 1. The molecule has 1 heterocycles. The Morgan fingerprint density at radius 1 is 1.18 bits per heavy atom. The Morgan fingerprint density at radius 3 is 2.18 bits per heavy atom. The van der Waals surface area contributed by atoms with Crippen molar-refractivity contribution in [1.29, 1.82) is 0 Å². The van der Waals surface area contributed by atoms with Crippen LogP contribution < -0.4 is 15.4 Å². The van der Waals surface area contributed by atoms with E-state index in [1.165, 1.54) is 29.2 Å². The Balaban J connectivity index is 2.31. The number of nitrogens with zero attached hydrogens (tertiary/aromatic N) is 1. The Labute approximate surface area is 97.3 Å². The van der Waals surface area contributed by atoms with Crippen molar-refractivity contribution in [2.75, 3.05) is 11.4 Å². The van der Waals surface area contributed by atoms with Crippen LogP contribution in [0.5, 0.6) is 0 Å². The first-order valence-electron chi connectivity index (χ1n) is 4.62. The Hall–Kier alpha value is -1.93. The van der Waals surface area contributed by atoms with E-state index in [9.17, 15) is 18.0 Å². The summed E-state index contributed by atoms with van der Waals surface area (Å²) in [6.07, 6.45) is 0. The third kappa shape index (κ3) is 2.27. The SMILES string of the molecule is NS(=O)(=O)c1ccc(N2CC(=O)NC2=O)cc1. The molecule has 0 aromatic heterocycles. The zero-order valence-electron chi connectivity index (χ0n) is 8.58. The molecular weight excluding hydrogens is 246 g/mol. The fourth-order valence-electron chi connectivity index (χ4n) is 1.47. The first-order chi connectivity index (χ1) is 7.88. The highest BCUT2D eigenvalue weighted by molar-refractivity contribution is 7.89. The van der Waals surface area contributed by atoms with E-state index in [0.29, 0.717) is 5.69 Å². The van der Waals surface area contributed by atoms with E-state index in [1.54, 1.807) is 0 Å². The quantitative estimate of drug-likeness (QED) is 0.687. The summed E-state index contributed by atoms with van der Waals surface area (Å²) in [5.74, 6) is -0.398. The zero-order valence-corrected chi connectivity index (χ0v) is 9.40. The van der Waals surface area contributed by atoms with Crippen molar-refractivity contribution in [3.63, 3.8) is 0 Å². The summed E-state index contributed by atoms with van der Waals surface area (Å²) >= 11 is 0. The lowest BCUT2D eigenvalue weighted by molar-refractivity contribution is -0.117. The predicted octanol–water partition coefficient (Wildman–Crippen LogP) is -0.610. The molecule has 0 bridgehead atoms. The molecule has 1 fully saturated rings. The second-order valence-electron chi connectivity index (χ2n) is 3.48. The maximum Gasteiger partial charge on any atom is 0.329 e. The van der Waals surface area contributed by atoms with Gasteiger partial charge in [-0.25, -0.2) is 18.4 Å². The molecule has 1 saturated heterocycles. The Kier molecular flexibility index (Phi) is 2.60. The van der Waals surface area contributed by atoms with Gasteiger partial charge in [-0.05, 0) is 24.3 Å². The number of nitrogens with one attached hydrogen (secondary N) is 1. The summed E-state index contributed by atoms with van der Waals surface area (Å²) in [6.45, 7) is -0.0758. The number of nitrogens with two attached hydrogens (primary N) is 1. The maximum absolute atomic E-state index is 11.3. The number of carbonyl (C=O) groups is 2. The van der Waals surface area contributed by atoms with Gasteiger partial charge in [-0.2, -0.15) is 0 Å². The number of carbonyl (C=O) groups excluding carboxylic acids is 2. The first-order valence-corrected chi connectivity index (χ1v) is 6.17.